The van der Waals surface area contributed by atoms with Crippen molar-refractivity contribution in [2.45, 2.75) is 16.7 Å². The third-order valence-corrected chi connectivity index (χ3v) is 15.7. The van der Waals surface area contributed by atoms with Gasteiger partial charge in [0.15, 0.2) is 0 Å². The van der Waals surface area contributed by atoms with Gasteiger partial charge in [0, 0.05) is 66.1 Å². The molecule has 0 saturated heterocycles. The molecule has 0 radical (unpaired) electrons. The van der Waals surface area contributed by atoms with E-state index >= 15 is 8.42 Å². The lowest BCUT2D eigenvalue weighted by atomic mass is 10.0. The Labute approximate surface area is 403 Å². The summed E-state index contributed by atoms with van der Waals surface area (Å²) in [6.45, 7) is 6.16. The van der Waals surface area contributed by atoms with Crippen molar-refractivity contribution < 1.29 is 8.42 Å². The number of aromatic nitrogens is 4. The van der Waals surface area contributed by atoms with E-state index in [0.29, 0.717) is 16.9 Å². The van der Waals surface area contributed by atoms with E-state index in [-0.39, 0.29) is 9.79 Å². The average molecular weight is 920 g/mol. The third kappa shape index (κ3) is 5.95. The zero-order valence-corrected chi connectivity index (χ0v) is 38.8. The molecular weight excluding hydrogens is 879 g/mol. The number of fused-ring (bicyclic) bond motifs is 12. The fourth-order valence-corrected chi connectivity index (χ4v) is 12.3. The first-order valence-corrected chi connectivity index (χ1v) is 24.7. The summed E-state index contributed by atoms with van der Waals surface area (Å²) in [5, 5.41) is 17.3. The quantitative estimate of drug-likeness (QED) is 0.142. The van der Waals surface area contributed by atoms with Crippen LogP contribution < -0.4 is 0 Å². The van der Waals surface area contributed by atoms with Crippen molar-refractivity contribution in [2.75, 3.05) is 0 Å². The van der Waals surface area contributed by atoms with E-state index in [1.165, 1.54) is 12.1 Å². The SMILES string of the molecule is C=C/C=C\c1c(C)c2c3c4ccccc4n(-c4cc(-n5c6ccccc6c6c7c8ccccc8n(-c8ccccc8)c7ccc65)cc(S(=O)(=O)c5ccc(C#N)cc5)c4)c3ccc2n1-c1ccccc1. The molecule has 332 valence electrons. The van der Waals surface area contributed by atoms with Crippen LogP contribution in [0, 0.1) is 18.3 Å². The Hall–Kier alpha value is -9.16. The maximum absolute atomic E-state index is 15.2. The number of allylic oxidation sites excluding steroid dienone is 2. The number of nitrogens with zero attached hydrogens (tertiary/aromatic N) is 5. The highest BCUT2D eigenvalue weighted by Crippen LogP contribution is 2.45. The summed E-state index contributed by atoms with van der Waals surface area (Å²) in [5.74, 6) is 0. The van der Waals surface area contributed by atoms with E-state index < -0.39 is 9.84 Å². The Morgan fingerprint density at radius 3 is 1.33 bits per heavy atom. The Morgan fingerprint density at radius 1 is 0.443 bits per heavy atom. The van der Waals surface area contributed by atoms with E-state index in [2.05, 4.69) is 183 Å². The largest absolute Gasteiger partial charge is 0.310 e. The van der Waals surface area contributed by atoms with Crippen molar-refractivity contribution in [1.29, 1.82) is 5.26 Å². The van der Waals surface area contributed by atoms with Gasteiger partial charge in [-0.15, -0.1) is 0 Å². The zero-order chi connectivity index (χ0) is 47.3. The van der Waals surface area contributed by atoms with Crippen molar-refractivity contribution in [3.05, 3.63) is 236 Å². The fraction of sp³-hybridized carbons (Fsp3) is 0.0161. The van der Waals surface area contributed by atoms with Crippen molar-refractivity contribution in [3.8, 4) is 28.8 Å². The van der Waals surface area contributed by atoms with Crippen LogP contribution in [0.15, 0.2) is 229 Å². The van der Waals surface area contributed by atoms with Gasteiger partial charge in [0.05, 0.1) is 60.0 Å². The molecule has 0 atom stereocenters. The lowest BCUT2D eigenvalue weighted by Gasteiger charge is -2.16. The van der Waals surface area contributed by atoms with Crippen LogP contribution in [0.25, 0.3) is 105 Å². The lowest BCUT2D eigenvalue weighted by Crippen LogP contribution is -2.06. The van der Waals surface area contributed by atoms with E-state index in [4.69, 9.17) is 0 Å². The fourth-order valence-electron chi connectivity index (χ4n) is 11.0. The predicted molar refractivity (Wildman–Crippen MR) is 287 cm³/mol. The topological polar surface area (TPSA) is 77.7 Å². The molecule has 13 aromatic rings. The van der Waals surface area contributed by atoms with Crippen LogP contribution in [0.5, 0.6) is 0 Å². The summed E-state index contributed by atoms with van der Waals surface area (Å²) in [7, 11) is -4.14. The number of nitriles is 1. The van der Waals surface area contributed by atoms with Crippen molar-refractivity contribution in [3.63, 3.8) is 0 Å². The normalized spacial score (nSPS) is 12.2. The molecule has 0 unspecified atom stereocenters. The Morgan fingerprint density at radius 2 is 0.857 bits per heavy atom. The van der Waals surface area contributed by atoms with Gasteiger partial charge in [-0.05, 0) is 128 Å². The van der Waals surface area contributed by atoms with Gasteiger partial charge in [-0.3, -0.25) is 0 Å². The van der Waals surface area contributed by atoms with Crippen LogP contribution in [0.3, 0.4) is 0 Å². The molecular formula is C62H41N5O2S. The summed E-state index contributed by atoms with van der Waals surface area (Å²) in [4.78, 5) is 0.238. The minimum Gasteiger partial charge on any atom is -0.310 e. The molecule has 0 N–H and O–H groups in total. The highest BCUT2D eigenvalue weighted by Gasteiger charge is 2.27. The first-order chi connectivity index (χ1) is 34.4. The molecule has 0 aliphatic rings. The molecule has 13 rings (SSSR count). The molecule has 0 saturated carbocycles. The van der Waals surface area contributed by atoms with Crippen molar-refractivity contribution >= 4 is 92.2 Å². The second-order valence-electron chi connectivity index (χ2n) is 17.7. The molecule has 0 amide bonds. The predicted octanol–water partition coefficient (Wildman–Crippen LogP) is 15.1. The summed E-state index contributed by atoms with van der Waals surface area (Å²) in [5.41, 5.74) is 13.1. The van der Waals surface area contributed by atoms with Crippen LogP contribution in [0.4, 0.5) is 0 Å². The second-order valence-corrected chi connectivity index (χ2v) is 19.7. The Kier molecular flexibility index (Phi) is 9.21. The van der Waals surface area contributed by atoms with Crippen LogP contribution in [-0.2, 0) is 9.84 Å². The van der Waals surface area contributed by atoms with Gasteiger partial charge < -0.3 is 18.3 Å². The zero-order valence-electron chi connectivity index (χ0n) is 38.0. The molecule has 70 heavy (non-hydrogen) atoms. The number of benzene rings is 9. The number of aryl methyl sites for hydroxylation is 1. The van der Waals surface area contributed by atoms with Gasteiger partial charge in [0.2, 0.25) is 9.84 Å². The van der Waals surface area contributed by atoms with Gasteiger partial charge in [-0.1, -0.05) is 110 Å². The molecule has 0 spiro atoms. The van der Waals surface area contributed by atoms with E-state index in [9.17, 15) is 5.26 Å². The van der Waals surface area contributed by atoms with Crippen LogP contribution in [-0.4, -0.2) is 26.7 Å². The lowest BCUT2D eigenvalue weighted by molar-refractivity contribution is 0.596. The molecule has 4 aromatic heterocycles. The summed E-state index contributed by atoms with van der Waals surface area (Å²) in [6.07, 6.45) is 5.89. The molecule has 0 aliphatic carbocycles. The standard InChI is InChI=1S/C62H41N5O2S/c1-3-4-24-51-40(2)59-55(64(51)42-17-7-5-8-18-42)32-33-56-60(59)48-21-11-15-26-53(48)66(56)44-36-45(38-47(37-44)70(68,69)46-30-28-41(39-63)29-31-46)67-54-27-16-13-23-50(54)62-58(67)35-34-57-61(62)49-22-12-14-25-52(49)65(57)43-19-9-6-10-20-43/h3-38H,1H2,2H3/b24-4-. The van der Waals surface area contributed by atoms with Crippen LogP contribution in [0.2, 0.25) is 0 Å². The number of sulfone groups is 1. The van der Waals surface area contributed by atoms with Crippen LogP contribution >= 0.6 is 0 Å². The molecule has 0 fully saturated rings. The first-order valence-electron chi connectivity index (χ1n) is 23.2. The molecule has 9 aromatic carbocycles. The van der Waals surface area contributed by atoms with Gasteiger partial charge in [-0.25, -0.2) is 8.42 Å². The van der Waals surface area contributed by atoms with E-state index in [1.807, 2.05) is 30.3 Å². The average Bonchev–Trinajstić information content (AvgIpc) is 4.13. The minimum absolute atomic E-state index is 0.106. The number of para-hydroxylation sites is 5. The maximum Gasteiger partial charge on any atom is 0.206 e. The Balaban J connectivity index is 1.14. The number of hydrogen-bond acceptors (Lipinski definition) is 3. The van der Waals surface area contributed by atoms with Gasteiger partial charge in [-0.2, -0.15) is 5.26 Å². The number of hydrogen-bond donors (Lipinski definition) is 0. The first kappa shape index (κ1) is 41.1. The second kappa shape index (κ2) is 15.7. The van der Waals surface area contributed by atoms with Crippen molar-refractivity contribution in [2.24, 2.45) is 0 Å². The molecule has 0 aliphatic heterocycles. The molecule has 0 bridgehead atoms. The van der Waals surface area contributed by atoms with E-state index in [1.54, 1.807) is 30.3 Å². The highest BCUT2D eigenvalue weighted by molar-refractivity contribution is 7.91. The van der Waals surface area contributed by atoms with Gasteiger partial charge in [0.25, 0.3) is 0 Å². The minimum atomic E-state index is -4.14. The third-order valence-electron chi connectivity index (χ3n) is 13.9. The summed E-state index contributed by atoms with van der Waals surface area (Å²) in [6, 6.07) is 68.9. The number of rotatable bonds is 8. The molecule has 7 nitrogen and oxygen atoms in total. The molecule has 8 heteroatoms. The summed E-state index contributed by atoms with van der Waals surface area (Å²) >= 11 is 0. The summed E-state index contributed by atoms with van der Waals surface area (Å²) < 4.78 is 39.4. The molecule has 4 heterocycles. The Bertz CT molecular complexity index is 4510. The maximum atomic E-state index is 15.2. The van der Waals surface area contributed by atoms with Gasteiger partial charge >= 0.3 is 0 Å². The van der Waals surface area contributed by atoms with Crippen molar-refractivity contribution in [1.82, 2.24) is 18.3 Å². The highest BCUT2D eigenvalue weighted by atomic mass is 32.2. The van der Waals surface area contributed by atoms with Crippen LogP contribution in [0.1, 0.15) is 16.8 Å². The van der Waals surface area contributed by atoms with E-state index in [0.717, 1.165) is 99.0 Å². The van der Waals surface area contributed by atoms with Gasteiger partial charge in [0.1, 0.15) is 0 Å². The monoisotopic (exact) mass is 919 g/mol. The smallest absolute Gasteiger partial charge is 0.206 e.